The molecule has 8 heteroatoms. The van der Waals surface area contributed by atoms with Crippen LogP contribution >= 0.6 is 0 Å². The molecule has 5 nitrogen and oxygen atoms in total. The number of aromatic nitrogens is 2. The van der Waals surface area contributed by atoms with Crippen LogP contribution in [0.1, 0.15) is 22.4 Å². The quantitative estimate of drug-likeness (QED) is 0.627. The maximum Gasteiger partial charge on any atom is 0.419 e. The average molecular weight is 400 g/mol. The van der Waals surface area contributed by atoms with Crippen molar-refractivity contribution in [3.63, 3.8) is 0 Å². The highest BCUT2D eigenvalue weighted by molar-refractivity contribution is 5.77. The fourth-order valence-corrected chi connectivity index (χ4v) is 2.97. The molecule has 0 aliphatic rings. The number of anilines is 2. The van der Waals surface area contributed by atoms with E-state index in [2.05, 4.69) is 15.3 Å². The van der Waals surface area contributed by atoms with E-state index < -0.39 is 17.6 Å². The maximum absolute atomic E-state index is 13.4. The van der Waals surface area contributed by atoms with Gasteiger partial charge in [-0.25, -0.2) is 9.97 Å². The summed E-state index contributed by atoms with van der Waals surface area (Å²) in [6.45, 7) is 0. The van der Waals surface area contributed by atoms with Gasteiger partial charge in [-0.05, 0) is 36.1 Å². The molecule has 0 unspecified atom stereocenters. The number of amides is 1. The normalized spacial score (nSPS) is 11.3. The third-order valence-electron chi connectivity index (χ3n) is 4.32. The van der Waals surface area contributed by atoms with Crippen LogP contribution < -0.4 is 11.1 Å². The standard InChI is InChI=1S/C21H19F3N4O/c22-21(23,24)17-13-26-20(27-16-8-2-1-3-9-16)28-18(17)11-10-14-6-4-5-7-15(14)12-19(25)29/h1-9,13H,10-12H2,(H2,25,29)(H,26,27,28). The minimum absolute atomic E-state index is 0.0346. The zero-order valence-corrected chi connectivity index (χ0v) is 15.4. The van der Waals surface area contributed by atoms with Crippen molar-refractivity contribution in [3.05, 3.63) is 83.2 Å². The summed E-state index contributed by atoms with van der Waals surface area (Å²) in [6.07, 6.45) is -3.41. The molecule has 0 aliphatic heterocycles. The number of primary amides is 1. The summed E-state index contributed by atoms with van der Waals surface area (Å²) in [5.41, 5.74) is 6.41. The molecule has 150 valence electrons. The maximum atomic E-state index is 13.4. The number of aryl methyl sites for hydroxylation is 2. The number of para-hydroxylation sites is 1. The van der Waals surface area contributed by atoms with Crippen LogP contribution in [0.4, 0.5) is 24.8 Å². The van der Waals surface area contributed by atoms with E-state index in [1.807, 2.05) is 6.07 Å². The highest BCUT2D eigenvalue weighted by atomic mass is 19.4. The molecule has 2 aromatic carbocycles. The first kappa shape index (κ1) is 20.3. The van der Waals surface area contributed by atoms with Gasteiger partial charge in [0.2, 0.25) is 11.9 Å². The predicted molar refractivity (Wildman–Crippen MR) is 104 cm³/mol. The Bertz CT molecular complexity index is 991. The highest BCUT2D eigenvalue weighted by Gasteiger charge is 2.34. The van der Waals surface area contributed by atoms with E-state index >= 15 is 0 Å². The second-order valence-electron chi connectivity index (χ2n) is 6.45. The van der Waals surface area contributed by atoms with Gasteiger partial charge in [-0.3, -0.25) is 4.79 Å². The number of nitrogens with zero attached hydrogens (tertiary/aromatic N) is 2. The first-order valence-corrected chi connectivity index (χ1v) is 8.93. The van der Waals surface area contributed by atoms with Crippen LogP contribution in [0.3, 0.4) is 0 Å². The van der Waals surface area contributed by atoms with Crippen molar-refractivity contribution >= 4 is 17.5 Å². The number of rotatable bonds is 7. The molecular weight excluding hydrogens is 381 g/mol. The predicted octanol–water partition coefficient (Wildman–Crippen LogP) is 4.05. The molecule has 1 amide bonds. The molecule has 1 heterocycles. The van der Waals surface area contributed by atoms with Crippen LogP contribution in [-0.4, -0.2) is 15.9 Å². The Morgan fingerprint density at radius 3 is 2.28 bits per heavy atom. The number of hydrogen-bond acceptors (Lipinski definition) is 4. The molecule has 0 bridgehead atoms. The molecule has 3 rings (SSSR count). The molecular formula is C21H19F3N4O. The van der Waals surface area contributed by atoms with E-state index in [1.54, 1.807) is 48.5 Å². The number of hydrogen-bond donors (Lipinski definition) is 2. The van der Waals surface area contributed by atoms with E-state index in [4.69, 9.17) is 5.73 Å². The number of alkyl halides is 3. The summed E-state index contributed by atoms with van der Waals surface area (Å²) in [5.74, 6) is -0.408. The minimum Gasteiger partial charge on any atom is -0.369 e. The number of carbonyl (C=O) groups is 1. The van der Waals surface area contributed by atoms with Gasteiger partial charge in [0.1, 0.15) is 0 Å². The molecule has 3 aromatic rings. The molecule has 0 saturated carbocycles. The second kappa shape index (κ2) is 8.72. The summed E-state index contributed by atoms with van der Waals surface area (Å²) in [6, 6.07) is 16.0. The monoisotopic (exact) mass is 400 g/mol. The Morgan fingerprint density at radius 1 is 0.966 bits per heavy atom. The first-order chi connectivity index (χ1) is 13.8. The lowest BCUT2D eigenvalue weighted by Crippen LogP contribution is -2.16. The number of halogens is 3. The van der Waals surface area contributed by atoms with Gasteiger partial charge >= 0.3 is 6.18 Å². The van der Waals surface area contributed by atoms with Gasteiger partial charge in [-0.1, -0.05) is 42.5 Å². The molecule has 0 fully saturated rings. The average Bonchev–Trinajstić information content (AvgIpc) is 2.67. The zero-order valence-electron chi connectivity index (χ0n) is 15.4. The number of nitrogens with two attached hydrogens (primary N) is 1. The molecule has 0 spiro atoms. The van der Waals surface area contributed by atoms with Gasteiger partial charge < -0.3 is 11.1 Å². The van der Waals surface area contributed by atoms with E-state index in [0.29, 0.717) is 11.3 Å². The molecule has 0 atom stereocenters. The van der Waals surface area contributed by atoms with Gasteiger partial charge in [0, 0.05) is 11.9 Å². The topological polar surface area (TPSA) is 80.9 Å². The smallest absolute Gasteiger partial charge is 0.369 e. The number of nitrogens with one attached hydrogen (secondary N) is 1. The fourth-order valence-electron chi connectivity index (χ4n) is 2.97. The van der Waals surface area contributed by atoms with Crippen molar-refractivity contribution in [1.82, 2.24) is 9.97 Å². The third-order valence-corrected chi connectivity index (χ3v) is 4.32. The van der Waals surface area contributed by atoms with Gasteiger partial charge in [-0.2, -0.15) is 13.2 Å². The van der Waals surface area contributed by atoms with Crippen molar-refractivity contribution in [2.24, 2.45) is 5.73 Å². The van der Waals surface area contributed by atoms with E-state index in [1.165, 1.54) is 0 Å². The summed E-state index contributed by atoms with van der Waals surface area (Å²) < 4.78 is 40.3. The van der Waals surface area contributed by atoms with Crippen molar-refractivity contribution in [3.8, 4) is 0 Å². The lowest BCUT2D eigenvalue weighted by atomic mass is 9.98. The zero-order chi connectivity index (χ0) is 20.9. The summed E-state index contributed by atoms with van der Waals surface area (Å²) >= 11 is 0. The van der Waals surface area contributed by atoms with Crippen LogP contribution in [0.25, 0.3) is 0 Å². The summed E-state index contributed by atoms with van der Waals surface area (Å²) in [7, 11) is 0. The van der Waals surface area contributed by atoms with Crippen LogP contribution in [0, 0.1) is 0 Å². The van der Waals surface area contributed by atoms with Crippen molar-refractivity contribution in [2.45, 2.75) is 25.4 Å². The summed E-state index contributed by atoms with van der Waals surface area (Å²) in [5, 5.41) is 2.91. The fraction of sp³-hybridized carbons (Fsp3) is 0.190. The van der Waals surface area contributed by atoms with Crippen LogP contribution in [0.5, 0.6) is 0 Å². The molecule has 3 N–H and O–H groups in total. The molecule has 0 aliphatic carbocycles. The Kier molecular flexibility index (Phi) is 6.11. The van der Waals surface area contributed by atoms with Crippen molar-refractivity contribution in [2.75, 3.05) is 5.32 Å². The Labute approximate surface area is 165 Å². The molecule has 29 heavy (non-hydrogen) atoms. The van der Waals surface area contributed by atoms with Gasteiger partial charge in [-0.15, -0.1) is 0 Å². The first-order valence-electron chi connectivity index (χ1n) is 8.93. The largest absolute Gasteiger partial charge is 0.419 e. The molecule has 1 aromatic heterocycles. The van der Waals surface area contributed by atoms with Crippen molar-refractivity contribution in [1.29, 1.82) is 0 Å². The van der Waals surface area contributed by atoms with E-state index in [-0.39, 0.29) is 30.9 Å². The van der Waals surface area contributed by atoms with Gasteiger partial charge in [0.15, 0.2) is 0 Å². The van der Waals surface area contributed by atoms with Gasteiger partial charge in [0.25, 0.3) is 0 Å². The summed E-state index contributed by atoms with van der Waals surface area (Å²) in [4.78, 5) is 19.2. The van der Waals surface area contributed by atoms with Crippen LogP contribution in [-0.2, 0) is 30.2 Å². The molecule has 0 radical (unpaired) electrons. The van der Waals surface area contributed by atoms with Gasteiger partial charge in [0.05, 0.1) is 17.7 Å². The number of carbonyl (C=O) groups excluding carboxylic acids is 1. The number of benzene rings is 2. The minimum atomic E-state index is -4.56. The third kappa shape index (κ3) is 5.54. The van der Waals surface area contributed by atoms with Crippen LogP contribution in [0.15, 0.2) is 60.8 Å². The molecule has 0 saturated heterocycles. The van der Waals surface area contributed by atoms with E-state index in [0.717, 1.165) is 11.8 Å². The Morgan fingerprint density at radius 2 is 1.62 bits per heavy atom. The second-order valence-corrected chi connectivity index (χ2v) is 6.45. The van der Waals surface area contributed by atoms with Crippen molar-refractivity contribution < 1.29 is 18.0 Å². The van der Waals surface area contributed by atoms with E-state index in [9.17, 15) is 18.0 Å². The lowest BCUT2D eigenvalue weighted by Gasteiger charge is -2.14. The Balaban J connectivity index is 1.86. The highest BCUT2D eigenvalue weighted by Crippen LogP contribution is 2.32. The lowest BCUT2D eigenvalue weighted by molar-refractivity contribution is -0.138. The van der Waals surface area contributed by atoms with Crippen LogP contribution in [0.2, 0.25) is 0 Å². The Hall–Kier alpha value is -3.42. The SMILES string of the molecule is NC(=O)Cc1ccccc1CCc1nc(Nc2ccccc2)ncc1C(F)(F)F.